The number of hydrogen-bond donors (Lipinski definition) is 0. The maximum absolute atomic E-state index is 2.52. The standard InChI is InChI=1S/C93H68N2S/c1-57-34-47-71-73-50-45-65(55-85(73)91(3,4)83(71)52-57)94(66-46-51-74-72-48-35-58(2)53-84(72)92(5,6)86(74)56-66)64-44-49-67(78(54-64)59-20-8-7-9-21-59)60-36-40-62(41-37-60)95(63-42-38-61(39-43-63)68-26-18-27-76-75-24-13-17-33-88(75)96-90(68)76)87-32-19-31-82-89(87)77-25-12-16-30-81(77)93(82)79-28-14-10-22-69(79)70-23-11-15-29-80(70)93/h7-56H,1-6H3. The molecule has 15 aromatic rings. The summed E-state index contributed by atoms with van der Waals surface area (Å²) < 4.78 is 2.63. The van der Waals surface area contributed by atoms with E-state index < -0.39 is 5.41 Å². The van der Waals surface area contributed by atoms with E-state index in [0.717, 1.165) is 45.3 Å². The van der Waals surface area contributed by atoms with E-state index in [0.29, 0.717) is 0 Å². The number of benzene rings is 14. The van der Waals surface area contributed by atoms with Gasteiger partial charge in [-0.2, -0.15) is 0 Å². The molecule has 0 unspecified atom stereocenters. The Labute approximate surface area is 566 Å². The van der Waals surface area contributed by atoms with Crippen LogP contribution in [0.15, 0.2) is 303 Å². The fourth-order valence-electron chi connectivity index (χ4n) is 17.5. The molecule has 0 amide bonds. The monoisotopic (exact) mass is 1240 g/mol. The molecule has 4 aliphatic carbocycles. The van der Waals surface area contributed by atoms with Crippen LogP contribution in [0, 0.1) is 13.8 Å². The third-order valence-electron chi connectivity index (χ3n) is 22.0. The molecule has 0 aliphatic heterocycles. The molecule has 3 heteroatoms. The minimum Gasteiger partial charge on any atom is -0.310 e. The van der Waals surface area contributed by atoms with Crippen molar-refractivity contribution in [3.05, 3.63) is 359 Å². The van der Waals surface area contributed by atoms with Crippen LogP contribution in [-0.4, -0.2) is 0 Å². The molecule has 0 bridgehead atoms. The summed E-state index contributed by atoms with van der Waals surface area (Å²) in [7, 11) is 0. The summed E-state index contributed by atoms with van der Waals surface area (Å²) in [5.41, 5.74) is 36.7. The number of fused-ring (bicyclic) bond motifs is 19. The molecule has 19 rings (SSSR count). The van der Waals surface area contributed by atoms with Crippen molar-refractivity contribution in [3.63, 3.8) is 0 Å². The molecule has 1 spiro atoms. The van der Waals surface area contributed by atoms with Gasteiger partial charge in [0, 0.05) is 65.0 Å². The van der Waals surface area contributed by atoms with Crippen LogP contribution in [0.4, 0.5) is 34.1 Å². The summed E-state index contributed by atoms with van der Waals surface area (Å²) in [4.78, 5) is 5.03. The van der Waals surface area contributed by atoms with E-state index in [4.69, 9.17) is 0 Å². The second-order valence-corrected chi connectivity index (χ2v) is 29.1. The first-order valence-corrected chi connectivity index (χ1v) is 34.6. The molecule has 456 valence electrons. The molecule has 0 saturated heterocycles. The molecule has 1 aromatic heterocycles. The molecule has 0 N–H and O–H groups in total. The lowest BCUT2D eigenvalue weighted by Crippen LogP contribution is -2.26. The summed E-state index contributed by atoms with van der Waals surface area (Å²) in [6.07, 6.45) is 0. The number of thiophene rings is 1. The normalized spacial score (nSPS) is 14.2. The van der Waals surface area contributed by atoms with Gasteiger partial charge in [-0.15, -0.1) is 11.3 Å². The lowest BCUT2D eigenvalue weighted by Gasteiger charge is -2.32. The second-order valence-electron chi connectivity index (χ2n) is 28.0. The lowest BCUT2D eigenvalue weighted by molar-refractivity contribution is 0.659. The largest absolute Gasteiger partial charge is 0.310 e. The van der Waals surface area contributed by atoms with Gasteiger partial charge in [0.2, 0.25) is 0 Å². The van der Waals surface area contributed by atoms with E-state index >= 15 is 0 Å². The molecule has 1 heterocycles. The summed E-state index contributed by atoms with van der Waals surface area (Å²) in [6, 6.07) is 115. The van der Waals surface area contributed by atoms with Crippen LogP contribution in [0.1, 0.15) is 83.3 Å². The van der Waals surface area contributed by atoms with Crippen LogP contribution in [0.2, 0.25) is 0 Å². The van der Waals surface area contributed by atoms with Gasteiger partial charge in [0.15, 0.2) is 0 Å². The Kier molecular flexibility index (Phi) is 12.3. The maximum atomic E-state index is 2.52. The summed E-state index contributed by atoms with van der Waals surface area (Å²) in [5, 5.41) is 2.61. The molecule has 0 fully saturated rings. The Hall–Kier alpha value is -11.1. The number of rotatable bonds is 9. The molecular weight excluding hydrogens is 1180 g/mol. The number of hydrogen-bond acceptors (Lipinski definition) is 3. The van der Waals surface area contributed by atoms with Crippen molar-refractivity contribution < 1.29 is 0 Å². The Balaban J connectivity index is 0.775. The van der Waals surface area contributed by atoms with Gasteiger partial charge in [-0.25, -0.2) is 0 Å². The smallest absolute Gasteiger partial charge is 0.0726 e. The molecule has 4 aliphatic rings. The lowest BCUT2D eigenvalue weighted by atomic mass is 9.70. The number of nitrogens with zero attached hydrogens (tertiary/aromatic N) is 2. The third-order valence-corrected chi connectivity index (χ3v) is 23.2. The van der Waals surface area contributed by atoms with Crippen LogP contribution < -0.4 is 9.80 Å². The molecule has 96 heavy (non-hydrogen) atoms. The molecule has 2 nitrogen and oxygen atoms in total. The summed E-state index contributed by atoms with van der Waals surface area (Å²) in [6.45, 7) is 14.0. The van der Waals surface area contributed by atoms with E-state index in [1.807, 2.05) is 11.3 Å². The first-order valence-electron chi connectivity index (χ1n) is 33.8. The summed E-state index contributed by atoms with van der Waals surface area (Å²) >= 11 is 1.88. The van der Waals surface area contributed by atoms with Gasteiger partial charge in [-0.1, -0.05) is 269 Å². The highest BCUT2D eigenvalue weighted by atomic mass is 32.1. The van der Waals surface area contributed by atoms with Gasteiger partial charge in [0.1, 0.15) is 0 Å². The van der Waals surface area contributed by atoms with Crippen LogP contribution in [0.5, 0.6) is 0 Å². The van der Waals surface area contributed by atoms with Crippen molar-refractivity contribution in [2.24, 2.45) is 0 Å². The van der Waals surface area contributed by atoms with Gasteiger partial charge < -0.3 is 9.80 Å². The fraction of sp³-hybridized carbons (Fsp3) is 0.0968. The minimum absolute atomic E-state index is 0.182. The predicted molar refractivity (Wildman–Crippen MR) is 406 cm³/mol. The Morgan fingerprint density at radius 2 is 0.667 bits per heavy atom. The van der Waals surface area contributed by atoms with Gasteiger partial charge in [-0.05, 0) is 203 Å². The van der Waals surface area contributed by atoms with Gasteiger partial charge in [0.05, 0.1) is 11.1 Å². The third kappa shape index (κ3) is 8.11. The van der Waals surface area contributed by atoms with Crippen molar-refractivity contribution in [1.29, 1.82) is 0 Å². The SMILES string of the molecule is Cc1ccc2c(c1)C(C)(C)c1cc(N(c3ccc(-c4ccc(N(c5ccc(-c6cccc7c6sc6ccccc67)cc5)c5cccc6c5-c5ccccc5C65c6ccccc6-c6ccccc65)cc4)c(-c4ccccc4)c3)c3ccc4c(c3)C(C)(C)c3cc(C)ccc3-4)ccc1-2. The van der Waals surface area contributed by atoms with Crippen molar-refractivity contribution in [2.75, 3.05) is 9.80 Å². The van der Waals surface area contributed by atoms with Gasteiger partial charge in [0.25, 0.3) is 0 Å². The van der Waals surface area contributed by atoms with Crippen molar-refractivity contribution in [1.82, 2.24) is 0 Å². The highest BCUT2D eigenvalue weighted by Crippen LogP contribution is 2.65. The molecule has 0 saturated carbocycles. The molecule has 0 atom stereocenters. The van der Waals surface area contributed by atoms with Crippen molar-refractivity contribution >= 4 is 65.6 Å². The average Bonchev–Trinajstić information content (AvgIpc) is 1.51. The van der Waals surface area contributed by atoms with Gasteiger partial charge in [-0.3, -0.25) is 0 Å². The highest BCUT2D eigenvalue weighted by molar-refractivity contribution is 7.26. The molecule has 14 aromatic carbocycles. The quantitative estimate of drug-likeness (QED) is 0.142. The van der Waals surface area contributed by atoms with Crippen molar-refractivity contribution in [3.8, 4) is 77.9 Å². The van der Waals surface area contributed by atoms with E-state index in [1.165, 1.54) is 143 Å². The zero-order valence-corrected chi connectivity index (χ0v) is 55.5. The second kappa shape index (κ2) is 20.9. The predicted octanol–water partition coefficient (Wildman–Crippen LogP) is 25.6. The number of anilines is 6. The molecule has 0 radical (unpaired) electrons. The maximum Gasteiger partial charge on any atom is 0.0726 e. The van der Waals surface area contributed by atoms with E-state index in [1.54, 1.807) is 0 Å². The Bertz CT molecular complexity index is 5590. The van der Waals surface area contributed by atoms with Gasteiger partial charge >= 0.3 is 0 Å². The first kappa shape index (κ1) is 56.4. The molecular formula is C93H68N2S. The van der Waals surface area contributed by atoms with Crippen LogP contribution >= 0.6 is 11.3 Å². The number of aryl methyl sites for hydroxylation is 2. The zero-order chi connectivity index (χ0) is 64.3. The van der Waals surface area contributed by atoms with Crippen LogP contribution in [0.3, 0.4) is 0 Å². The topological polar surface area (TPSA) is 6.48 Å². The van der Waals surface area contributed by atoms with Crippen LogP contribution in [-0.2, 0) is 16.2 Å². The van der Waals surface area contributed by atoms with E-state index in [9.17, 15) is 0 Å². The van der Waals surface area contributed by atoms with E-state index in [-0.39, 0.29) is 10.8 Å². The van der Waals surface area contributed by atoms with Crippen molar-refractivity contribution in [2.45, 2.75) is 57.8 Å². The van der Waals surface area contributed by atoms with E-state index in [2.05, 4.69) is 355 Å². The average molecular weight is 1250 g/mol. The fourth-order valence-corrected chi connectivity index (χ4v) is 18.7. The first-order chi connectivity index (χ1) is 46.9. The zero-order valence-electron chi connectivity index (χ0n) is 54.7. The minimum atomic E-state index is -0.489. The Morgan fingerprint density at radius 1 is 0.260 bits per heavy atom. The Morgan fingerprint density at radius 3 is 1.26 bits per heavy atom. The summed E-state index contributed by atoms with van der Waals surface area (Å²) in [5.74, 6) is 0. The van der Waals surface area contributed by atoms with Crippen LogP contribution in [0.25, 0.3) is 98.1 Å². The highest BCUT2D eigenvalue weighted by Gasteiger charge is 2.52.